The monoisotopic (exact) mass is 803 g/mol. The van der Waals surface area contributed by atoms with Crippen LogP contribution in [0.4, 0.5) is 0 Å². The molecule has 1 aliphatic heterocycles. The van der Waals surface area contributed by atoms with Crippen molar-refractivity contribution in [1.29, 1.82) is 0 Å². The molecule has 0 radical (unpaired) electrons. The molecule has 5 atom stereocenters. The van der Waals surface area contributed by atoms with E-state index in [-0.39, 0.29) is 75.2 Å². The first-order chi connectivity index (χ1) is 24.4. The van der Waals surface area contributed by atoms with Crippen molar-refractivity contribution in [3.63, 3.8) is 0 Å². The molecule has 0 aromatic rings. The molecular formula is C29H49FeN9O14. The quantitative estimate of drug-likeness (QED) is 0.0444. The van der Waals surface area contributed by atoms with Crippen LogP contribution in [-0.2, 0) is 60.2 Å². The second-order valence-corrected chi connectivity index (χ2v) is 11.8. The van der Waals surface area contributed by atoms with Gasteiger partial charge in [-0.25, -0.2) is 15.2 Å². The van der Waals surface area contributed by atoms with Gasteiger partial charge in [-0.15, -0.1) is 0 Å². The zero-order chi connectivity index (χ0) is 39.5. The summed E-state index contributed by atoms with van der Waals surface area (Å²) >= 11 is 0. The first-order valence-corrected chi connectivity index (χ1v) is 16.3. The van der Waals surface area contributed by atoms with Gasteiger partial charge in [0.05, 0.1) is 19.8 Å². The van der Waals surface area contributed by atoms with Crippen LogP contribution in [0, 0.1) is 0 Å². The third kappa shape index (κ3) is 17.8. The molecule has 0 aliphatic carbocycles. The minimum Gasteiger partial charge on any atom is -0.394 e. The van der Waals surface area contributed by atoms with Crippen molar-refractivity contribution in [1.82, 2.24) is 47.1 Å². The molecule has 53 heavy (non-hydrogen) atoms. The van der Waals surface area contributed by atoms with Crippen LogP contribution >= 0.6 is 0 Å². The van der Waals surface area contributed by atoms with Crippen LogP contribution in [-0.4, -0.2) is 164 Å². The summed E-state index contributed by atoms with van der Waals surface area (Å²) in [5.74, 6) is -8.27. The zero-order valence-corrected chi connectivity index (χ0v) is 30.6. The van der Waals surface area contributed by atoms with Crippen LogP contribution in [0.1, 0.15) is 59.3 Å². The Balaban J connectivity index is 0.0000270. The predicted octanol–water partition coefficient (Wildman–Crippen LogP) is -5.42. The number of hydrogen-bond donors (Lipinski definition) is 11. The maximum absolute atomic E-state index is 13.7. The Kier molecular flexibility index (Phi) is 22.7. The van der Waals surface area contributed by atoms with Gasteiger partial charge >= 0.3 is 0 Å². The topological polar surface area (TPSA) is 337 Å². The standard InChI is InChI=1S/C29H49N9O14.Fe/c1-16(41)36(50)10-4-7-19-26(46)32-20(8-5-11-37(51)17(2)42)27(47)33-21(9-6-12-38(52)18(3)43)28(48)35-23(15-40)29(49)34-22(14-39)25(45)30-13-24(44)31-19;/h19-23,39-40,50-52H,4-15H2,1-3H3,(H,30,45)(H,31,44)(H,32,46)(H,33,47)(H,34,49)(H,35,48);. The van der Waals surface area contributed by atoms with Crippen molar-refractivity contribution in [3.05, 3.63) is 0 Å². The van der Waals surface area contributed by atoms with Gasteiger partial charge in [0.15, 0.2) is 0 Å². The van der Waals surface area contributed by atoms with Gasteiger partial charge in [-0.05, 0) is 38.5 Å². The third-order valence-corrected chi connectivity index (χ3v) is 7.65. The van der Waals surface area contributed by atoms with Gasteiger partial charge < -0.3 is 42.1 Å². The summed E-state index contributed by atoms with van der Waals surface area (Å²) in [6.45, 7) is -0.358. The van der Waals surface area contributed by atoms with Crippen molar-refractivity contribution in [2.24, 2.45) is 0 Å². The van der Waals surface area contributed by atoms with E-state index in [9.17, 15) is 69.0 Å². The van der Waals surface area contributed by atoms with Gasteiger partial charge in [-0.3, -0.25) is 58.8 Å². The van der Waals surface area contributed by atoms with E-state index >= 15 is 0 Å². The van der Waals surface area contributed by atoms with Crippen molar-refractivity contribution >= 4 is 53.2 Å². The van der Waals surface area contributed by atoms with E-state index in [2.05, 4.69) is 31.9 Å². The molecule has 23 nitrogen and oxygen atoms in total. The number of nitrogens with zero attached hydrogens (tertiary/aromatic N) is 3. The number of carbonyl (C=O) groups is 9. The molecule has 24 heteroatoms. The molecule has 0 bridgehead atoms. The average molecular weight is 804 g/mol. The molecule has 1 rings (SSSR count). The molecule has 302 valence electrons. The summed E-state index contributed by atoms with van der Waals surface area (Å²) in [4.78, 5) is 113. The van der Waals surface area contributed by atoms with Gasteiger partial charge in [0.1, 0.15) is 30.2 Å². The van der Waals surface area contributed by atoms with E-state index in [1.165, 1.54) is 0 Å². The van der Waals surface area contributed by atoms with Crippen molar-refractivity contribution in [2.75, 3.05) is 39.4 Å². The molecule has 0 aromatic carbocycles. The van der Waals surface area contributed by atoms with Gasteiger partial charge in [0.25, 0.3) is 0 Å². The summed E-state index contributed by atoms with van der Waals surface area (Å²) in [5.41, 5.74) is 0. The van der Waals surface area contributed by atoms with Crippen molar-refractivity contribution < 1.29 is 86.1 Å². The van der Waals surface area contributed by atoms with E-state index in [0.717, 1.165) is 20.8 Å². The van der Waals surface area contributed by atoms with E-state index in [1.807, 2.05) is 0 Å². The Morgan fingerprint density at radius 2 is 0.811 bits per heavy atom. The summed E-state index contributed by atoms with van der Waals surface area (Å²) < 4.78 is 0. The number of amides is 9. The van der Waals surface area contributed by atoms with Gasteiger partial charge in [-0.2, -0.15) is 0 Å². The van der Waals surface area contributed by atoms with Crippen molar-refractivity contribution in [2.45, 2.75) is 89.5 Å². The van der Waals surface area contributed by atoms with Gasteiger partial charge in [0.2, 0.25) is 53.2 Å². The van der Waals surface area contributed by atoms with E-state index in [1.54, 1.807) is 0 Å². The fraction of sp³-hybridized carbons (Fsp3) is 0.690. The smallest absolute Gasteiger partial charge is 0.245 e. The van der Waals surface area contributed by atoms with E-state index < -0.39 is 103 Å². The summed E-state index contributed by atoms with van der Waals surface area (Å²) in [7, 11) is 0. The fourth-order valence-corrected chi connectivity index (χ4v) is 4.63. The first-order valence-electron chi connectivity index (χ1n) is 16.3. The fourth-order valence-electron chi connectivity index (χ4n) is 4.63. The van der Waals surface area contributed by atoms with Crippen LogP contribution in [0.15, 0.2) is 0 Å². The average Bonchev–Trinajstić information content (AvgIpc) is 3.09. The number of hydrogen-bond acceptors (Lipinski definition) is 14. The molecule has 1 saturated heterocycles. The molecule has 11 N–H and O–H groups in total. The van der Waals surface area contributed by atoms with Crippen molar-refractivity contribution in [3.8, 4) is 0 Å². The molecule has 1 fully saturated rings. The number of hydroxylamine groups is 6. The molecule has 9 amide bonds. The van der Waals surface area contributed by atoms with Crippen LogP contribution < -0.4 is 31.9 Å². The summed E-state index contributed by atoms with van der Waals surface area (Å²) in [6.07, 6.45) is -0.960. The van der Waals surface area contributed by atoms with Crippen LogP contribution in [0.3, 0.4) is 0 Å². The van der Waals surface area contributed by atoms with Gasteiger partial charge in [-0.1, -0.05) is 0 Å². The summed E-state index contributed by atoms with van der Waals surface area (Å²) in [5, 5.41) is 63.7. The molecule has 5 unspecified atom stereocenters. The molecule has 1 aliphatic rings. The van der Waals surface area contributed by atoms with Crippen LogP contribution in [0.2, 0.25) is 0 Å². The maximum atomic E-state index is 13.7. The second-order valence-electron chi connectivity index (χ2n) is 11.8. The van der Waals surface area contributed by atoms with E-state index in [0.29, 0.717) is 15.2 Å². The SMILES string of the molecule is CC(=O)N(O)CCCC1NC(=O)CNC(=O)C(CO)NC(=O)C(CO)NC(=O)C(CCCN(O)C(C)=O)NC(=O)C(CCCN(O)C(C)=O)NC1=O.[Fe]. The van der Waals surface area contributed by atoms with Crippen LogP contribution in [0.25, 0.3) is 0 Å². The largest absolute Gasteiger partial charge is 0.394 e. The molecule has 0 spiro atoms. The first kappa shape index (κ1) is 48.5. The zero-order valence-electron chi connectivity index (χ0n) is 29.5. The minimum atomic E-state index is -1.72. The Bertz CT molecular complexity index is 1310. The molecule has 0 aromatic heterocycles. The Morgan fingerprint density at radius 1 is 0.528 bits per heavy atom. The Hall–Kier alpha value is -4.45. The minimum absolute atomic E-state index is 0. The van der Waals surface area contributed by atoms with Gasteiger partial charge in [0, 0.05) is 57.5 Å². The maximum Gasteiger partial charge on any atom is 0.245 e. The third-order valence-electron chi connectivity index (χ3n) is 7.65. The molecule has 1 heterocycles. The second kappa shape index (κ2) is 24.7. The van der Waals surface area contributed by atoms with Crippen LogP contribution in [0.5, 0.6) is 0 Å². The number of nitrogens with one attached hydrogen (secondary N) is 6. The normalized spacial score (nSPS) is 21.8. The molecular weight excluding hydrogens is 754 g/mol. The van der Waals surface area contributed by atoms with E-state index in [4.69, 9.17) is 0 Å². The number of rotatable bonds is 14. The number of carbonyl (C=O) groups excluding carboxylic acids is 9. The number of aliphatic hydroxyl groups is 2. The Labute approximate surface area is 314 Å². The molecule has 0 saturated carbocycles. The predicted molar refractivity (Wildman–Crippen MR) is 172 cm³/mol. The Morgan fingerprint density at radius 3 is 1.13 bits per heavy atom. The number of aliphatic hydroxyl groups excluding tert-OH is 2. The summed E-state index contributed by atoms with van der Waals surface area (Å²) in [6, 6.07) is -7.86.